The molecule has 0 spiro atoms. The molecule has 0 aliphatic heterocycles. The van der Waals surface area contributed by atoms with Gasteiger partial charge in [0, 0.05) is 26.4 Å². The lowest BCUT2D eigenvalue weighted by Gasteiger charge is -2.25. The van der Waals surface area contributed by atoms with E-state index in [4.69, 9.17) is 9.47 Å². The fourth-order valence-electron chi connectivity index (χ4n) is 1.60. The van der Waals surface area contributed by atoms with Crippen LogP contribution in [-0.2, 0) is 14.3 Å². The lowest BCUT2D eigenvalue weighted by molar-refractivity contribution is -0.118. The van der Waals surface area contributed by atoms with Crippen LogP contribution in [0.3, 0.4) is 0 Å². The molecule has 0 rings (SSSR count). The molecule has 0 heterocycles. The molecule has 0 aromatic carbocycles. The summed E-state index contributed by atoms with van der Waals surface area (Å²) in [5.74, 6) is 2.21. The van der Waals surface area contributed by atoms with E-state index < -0.39 is 0 Å². The number of hydrogen-bond acceptors (Lipinski definition) is 4. The molecule has 0 atom stereocenters. The van der Waals surface area contributed by atoms with Gasteiger partial charge in [-0.3, -0.25) is 4.79 Å². The van der Waals surface area contributed by atoms with Gasteiger partial charge in [0.1, 0.15) is 0 Å². The van der Waals surface area contributed by atoms with Crippen molar-refractivity contribution >= 4 is 17.7 Å². The van der Waals surface area contributed by atoms with Gasteiger partial charge in [0.25, 0.3) is 0 Å². The minimum Gasteiger partial charge on any atom is -0.381 e. The van der Waals surface area contributed by atoms with E-state index in [1.165, 1.54) is 0 Å². The Bertz CT molecular complexity index is 270. The first-order valence-electron chi connectivity index (χ1n) is 7.93. The standard InChI is InChI=1S/C16H33NO3S/c1-6-21-13-15(18)17-9-7-10-20-16(4,5)8-11-19-12-14(2)3/h14H,6-13H2,1-5H3,(H,17,18). The first-order chi connectivity index (χ1) is 9.87. The predicted molar refractivity (Wildman–Crippen MR) is 90.9 cm³/mol. The monoisotopic (exact) mass is 319 g/mol. The molecule has 0 aliphatic carbocycles. The van der Waals surface area contributed by atoms with E-state index >= 15 is 0 Å². The lowest BCUT2D eigenvalue weighted by Crippen LogP contribution is -2.30. The van der Waals surface area contributed by atoms with Crippen LogP contribution in [0.2, 0.25) is 0 Å². The first kappa shape index (κ1) is 20.7. The Balaban J connectivity index is 3.54. The second-order valence-corrected chi connectivity index (χ2v) is 7.44. The van der Waals surface area contributed by atoms with Crippen molar-refractivity contribution in [3.05, 3.63) is 0 Å². The number of carbonyl (C=O) groups is 1. The molecule has 0 saturated carbocycles. The highest BCUT2D eigenvalue weighted by atomic mass is 32.2. The topological polar surface area (TPSA) is 47.6 Å². The Hall–Kier alpha value is -0.260. The summed E-state index contributed by atoms with van der Waals surface area (Å²) in [4.78, 5) is 11.4. The zero-order valence-corrected chi connectivity index (χ0v) is 15.2. The van der Waals surface area contributed by atoms with Gasteiger partial charge in [0.05, 0.1) is 11.4 Å². The van der Waals surface area contributed by atoms with Crippen molar-refractivity contribution in [2.24, 2.45) is 5.92 Å². The van der Waals surface area contributed by atoms with Gasteiger partial charge < -0.3 is 14.8 Å². The van der Waals surface area contributed by atoms with Gasteiger partial charge in [-0.25, -0.2) is 0 Å². The summed E-state index contributed by atoms with van der Waals surface area (Å²) in [6, 6.07) is 0. The average molecular weight is 320 g/mol. The van der Waals surface area contributed by atoms with E-state index in [0.29, 0.717) is 24.8 Å². The van der Waals surface area contributed by atoms with Crippen molar-refractivity contribution in [2.75, 3.05) is 37.9 Å². The van der Waals surface area contributed by atoms with Crippen LogP contribution in [0.1, 0.15) is 47.5 Å². The minimum absolute atomic E-state index is 0.114. The Morgan fingerprint density at radius 1 is 1.29 bits per heavy atom. The van der Waals surface area contributed by atoms with Crippen molar-refractivity contribution < 1.29 is 14.3 Å². The van der Waals surface area contributed by atoms with E-state index in [9.17, 15) is 4.79 Å². The van der Waals surface area contributed by atoms with Crippen LogP contribution in [0.4, 0.5) is 0 Å². The third-order valence-electron chi connectivity index (χ3n) is 2.87. The number of thioether (sulfide) groups is 1. The van der Waals surface area contributed by atoms with Gasteiger partial charge in [-0.1, -0.05) is 20.8 Å². The van der Waals surface area contributed by atoms with E-state index in [2.05, 4.69) is 39.9 Å². The Kier molecular flexibility index (Phi) is 12.1. The Morgan fingerprint density at radius 2 is 2.00 bits per heavy atom. The third-order valence-corrected chi connectivity index (χ3v) is 3.75. The molecule has 126 valence electrons. The summed E-state index contributed by atoms with van der Waals surface area (Å²) < 4.78 is 11.5. The van der Waals surface area contributed by atoms with E-state index in [1.54, 1.807) is 11.8 Å². The molecule has 0 bridgehead atoms. The SMILES string of the molecule is CCSCC(=O)NCCCOC(C)(C)CCOCC(C)C. The molecule has 0 saturated heterocycles. The molecule has 5 heteroatoms. The van der Waals surface area contributed by atoms with Gasteiger partial charge in [-0.05, 0) is 38.4 Å². The average Bonchev–Trinajstić information content (AvgIpc) is 2.40. The molecule has 4 nitrogen and oxygen atoms in total. The summed E-state index contributed by atoms with van der Waals surface area (Å²) in [6.45, 7) is 13.4. The molecular weight excluding hydrogens is 286 g/mol. The van der Waals surface area contributed by atoms with Gasteiger partial charge in [0.15, 0.2) is 0 Å². The zero-order valence-electron chi connectivity index (χ0n) is 14.4. The Labute approximate surface area is 134 Å². The number of carbonyl (C=O) groups excluding carboxylic acids is 1. The molecule has 0 radical (unpaired) electrons. The van der Waals surface area contributed by atoms with E-state index in [1.807, 2.05) is 0 Å². The smallest absolute Gasteiger partial charge is 0.229 e. The molecule has 1 N–H and O–H groups in total. The highest BCUT2D eigenvalue weighted by Gasteiger charge is 2.17. The van der Waals surface area contributed by atoms with Crippen LogP contribution in [-0.4, -0.2) is 49.4 Å². The summed E-state index contributed by atoms with van der Waals surface area (Å²) >= 11 is 1.64. The number of nitrogens with one attached hydrogen (secondary N) is 1. The number of amides is 1. The maximum absolute atomic E-state index is 11.4. The number of rotatable bonds is 13. The van der Waals surface area contributed by atoms with Crippen molar-refractivity contribution in [3.8, 4) is 0 Å². The molecular formula is C16H33NO3S. The van der Waals surface area contributed by atoms with Crippen LogP contribution < -0.4 is 5.32 Å². The van der Waals surface area contributed by atoms with Crippen molar-refractivity contribution in [3.63, 3.8) is 0 Å². The second kappa shape index (κ2) is 12.3. The minimum atomic E-state index is -0.168. The van der Waals surface area contributed by atoms with Crippen LogP contribution in [0.25, 0.3) is 0 Å². The first-order valence-corrected chi connectivity index (χ1v) is 9.09. The quantitative estimate of drug-likeness (QED) is 0.530. The Morgan fingerprint density at radius 3 is 2.62 bits per heavy atom. The van der Waals surface area contributed by atoms with Crippen molar-refractivity contribution in [1.29, 1.82) is 0 Å². The molecule has 0 aromatic rings. The van der Waals surface area contributed by atoms with Gasteiger partial charge in [-0.2, -0.15) is 11.8 Å². The maximum atomic E-state index is 11.4. The summed E-state index contributed by atoms with van der Waals surface area (Å²) in [5.41, 5.74) is -0.168. The highest BCUT2D eigenvalue weighted by Crippen LogP contribution is 2.14. The van der Waals surface area contributed by atoms with Crippen LogP contribution in [0.15, 0.2) is 0 Å². The van der Waals surface area contributed by atoms with E-state index in [-0.39, 0.29) is 11.5 Å². The fraction of sp³-hybridized carbons (Fsp3) is 0.938. The molecule has 0 unspecified atom stereocenters. The summed E-state index contributed by atoms with van der Waals surface area (Å²) in [6.07, 6.45) is 1.73. The van der Waals surface area contributed by atoms with Crippen LogP contribution >= 0.6 is 11.8 Å². The lowest BCUT2D eigenvalue weighted by atomic mass is 10.1. The molecule has 0 aliphatic rings. The van der Waals surface area contributed by atoms with Gasteiger partial charge in [-0.15, -0.1) is 0 Å². The number of hydrogen-bond donors (Lipinski definition) is 1. The van der Waals surface area contributed by atoms with E-state index in [0.717, 1.165) is 31.8 Å². The number of ether oxygens (including phenoxy) is 2. The normalized spacial score (nSPS) is 11.9. The summed E-state index contributed by atoms with van der Waals surface area (Å²) in [7, 11) is 0. The molecule has 0 fully saturated rings. The molecule has 0 aromatic heterocycles. The van der Waals surface area contributed by atoms with Crippen LogP contribution in [0.5, 0.6) is 0 Å². The van der Waals surface area contributed by atoms with Crippen LogP contribution in [0, 0.1) is 5.92 Å². The molecule has 1 amide bonds. The third kappa shape index (κ3) is 14.4. The van der Waals surface area contributed by atoms with Crippen molar-refractivity contribution in [1.82, 2.24) is 5.32 Å². The summed E-state index contributed by atoms with van der Waals surface area (Å²) in [5, 5.41) is 2.90. The predicted octanol–water partition coefficient (Wildman–Crippen LogP) is 3.10. The van der Waals surface area contributed by atoms with Gasteiger partial charge in [0.2, 0.25) is 5.91 Å². The fourth-order valence-corrected chi connectivity index (χ4v) is 2.09. The zero-order chi connectivity index (χ0) is 16.1. The second-order valence-electron chi connectivity index (χ2n) is 6.17. The van der Waals surface area contributed by atoms with Gasteiger partial charge >= 0.3 is 0 Å². The molecule has 21 heavy (non-hydrogen) atoms. The van der Waals surface area contributed by atoms with Crippen molar-refractivity contribution in [2.45, 2.75) is 53.1 Å². The highest BCUT2D eigenvalue weighted by molar-refractivity contribution is 7.99. The largest absolute Gasteiger partial charge is 0.381 e. The maximum Gasteiger partial charge on any atom is 0.229 e.